The van der Waals surface area contributed by atoms with Crippen molar-refractivity contribution in [3.05, 3.63) is 39.9 Å². The molecular formula is C17H21N3O2S. The van der Waals surface area contributed by atoms with Gasteiger partial charge in [-0.2, -0.15) is 11.3 Å². The van der Waals surface area contributed by atoms with Gasteiger partial charge in [0.1, 0.15) is 0 Å². The molecule has 1 spiro atoms. The van der Waals surface area contributed by atoms with Crippen LogP contribution in [0.1, 0.15) is 41.1 Å². The monoisotopic (exact) mass is 331 g/mol. The summed E-state index contributed by atoms with van der Waals surface area (Å²) in [5.74, 6) is 0.325. The lowest BCUT2D eigenvalue weighted by atomic mass is 9.93. The summed E-state index contributed by atoms with van der Waals surface area (Å²) in [6.07, 6.45) is 3.42. The van der Waals surface area contributed by atoms with E-state index >= 15 is 0 Å². The Bertz CT molecular complexity index is 689. The molecule has 1 amide bonds. The van der Waals surface area contributed by atoms with Crippen molar-refractivity contribution in [2.24, 2.45) is 5.41 Å². The van der Waals surface area contributed by atoms with Gasteiger partial charge < -0.3 is 14.7 Å². The zero-order valence-electron chi connectivity index (χ0n) is 13.2. The summed E-state index contributed by atoms with van der Waals surface area (Å²) in [5, 5.41) is 11.5. The lowest BCUT2D eigenvalue weighted by molar-refractivity contribution is 0.0650. The number of rotatable bonds is 4. The molecule has 2 fully saturated rings. The van der Waals surface area contributed by atoms with Crippen LogP contribution in [-0.4, -0.2) is 35.1 Å². The van der Waals surface area contributed by atoms with E-state index in [4.69, 9.17) is 4.52 Å². The molecule has 4 rings (SSSR count). The van der Waals surface area contributed by atoms with Crippen molar-refractivity contribution in [2.45, 2.75) is 38.8 Å². The van der Waals surface area contributed by atoms with Gasteiger partial charge >= 0.3 is 0 Å². The van der Waals surface area contributed by atoms with Crippen molar-refractivity contribution in [1.29, 1.82) is 0 Å². The Balaban J connectivity index is 1.58. The second-order valence-electron chi connectivity index (χ2n) is 6.73. The fraction of sp³-hybridized carbons (Fsp3) is 0.529. The Morgan fingerprint density at radius 1 is 1.52 bits per heavy atom. The van der Waals surface area contributed by atoms with Crippen molar-refractivity contribution >= 4 is 17.2 Å². The fourth-order valence-corrected chi connectivity index (χ4v) is 4.40. The maximum Gasteiger partial charge on any atom is 0.293 e. The number of hydrogen-bond donors (Lipinski definition) is 1. The predicted molar refractivity (Wildman–Crippen MR) is 88.4 cm³/mol. The topological polar surface area (TPSA) is 58.4 Å². The molecule has 2 aliphatic rings. The highest BCUT2D eigenvalue weighted by molar-refractivity contribution is 7.07. The fourth-order valence-electron chi connectivity index (χ4n) is 3.74. The van der Waals surface area contributed by atoms with Crippen molar-refractivity contribution in [2.75, 3.05) is 13.1 Å². The molecular weight excluding hydrogens is 310 g/mol. The molecule has 1 saturated heterocycles. The van der Waals surface area contributed by atoms with E-state index in [2.05, 4.69) is 27.3 Å². The summed E-state index contributed by atoms with van der Waals surface area (Å²) >= 11 is 1.67. The van der Waals surface area contributed by atoms with Crippen molar-refractivity contribution < 1.29 is 9.32 Å². The highest BCUT2D eigenvalue weighted by atomic mass is 32.1. The van der Waals surface area contributed by atoms with Crippen LogP contribution in [0.25, 0.3) is 0 Å². The summed E-state index contributed by atoms with van der Waals surface area (Å²) in [6, 6.07) is 4.15. The second-order valence-corrected chi connectivity index (χ2v) is 7.51. The third kappa shape index (κ3) is 2.81. The normalized spacial score (nSPS) is 22.2. The molecule has 1 unspecified atom stereocenters. The maximum absolute atomic E-state index is 13.0. The molecule has 3 heterocycles. The Morgan fingerprint density at radius 3 is 3.00 bits per heavy atom. The minimum Gasteiger partial charge on any atom is -0.351 e. The van der Waals surface area contributed by atoms with Crippen molar-refractivity contribution in [3.8, 4) is 0 Å². The summed E-state index contributed by atoms with van der Waals surface area (Å²) in [5.41, 5.74) is 2.25. The van der Waals surface area contributed by atoms with Gasteiger partial charge in [-0.05, 0) is 67.1 Å². The SMILES string of the molecule is Cc1cc(C(=O)N(Cc2ccsc2)C2CC23CCNCC3)on1. The molecule has 0 radical (unpaired) electrons. The summed E-state index contributed by atoms with van der Waals surface area (Å²) in [4.78, 5) is 15.0. The molecule has 1 N–H and O–H groups in total. The average molecular weight is 331 g/mol. The van der Waals surface area contributed by atoms with E-state index in [1.165, 1.54) is 5.56 Å². The van der Waals surface area contributed by atoms with E-state index in [0.29, 0.717) is 23.8 Å². The standard InChI is InChI=1S/C17H21N3O2S/c1-12-8-14(22-19-12)16(21)20(10-13-2-7-23-11-13)15-9-17(15)3-5-18-6-4-17/h2,7-8,11,15,18H,3-6,9-10H2,1H3. The first-order valence-corrected chi connectivity index (χ1v) is 9.08. The van der Waals surface area contributed by atoms with Crippen molar-refractivity contribution in [1.82, 2.24) is 15.4 Å². The van der Waals surface area contributed by atoms with Gasteiger partial charge in [-0.3, -0.25) is 4.79 Å². The highest BCUT2D eigenvalue weighted by Gasteiger charge is 2.58. The second kappa shape index (κ2) is 5.76. The minimum atomic E-state index is -0.0304. The van der Waals surface area contributed by atoms with E-state index in [9.17, 15) is 4.79 Å². The molecule has 1 aliphatic heterocycles. The number of nitrogens with one attached hydrogen (secondary N) is 1. The van der Waals surface area contributed by atoms with Gasteiger partial charge in [0.15, 0.2) is 0 Å². The van der Waals surface area contributed by atoms with Gasteiger partial charge in [0.05, 0.1) is 5.69 Å². The lowest BCUT2D eigenvalue weighted by Gasteiger charge is -2.29. The van der Waals surface area contributed by atoms with Gasteiger partial charge in [0.25, 0.3) is 5.91 Å². The first-order valence-electron chi connectivity index (χ1n) is 8.14. The predicted octanol–water partition coefficient (Wildman–Crippen LogP) is 2.83. The van der Waals surface area contributed by atoms with Gasteiger partial charge in [0.2, 0.25) is 5.76 Å². The molecule has 122 valence electrons. The third-order valence-corrected chi connectivity index (χ3v) is 5.89. The molecule has 1 saturated carbocycles. The third-order valence-electron chi connectivity index (χ3n) is 5.15. The Morgan fingerprint density at radius 2 is 2.35 bits per heavy atom. The largest absolute Gasteiger partial charge is 0.351 e. The first kappa shape index (κ1) is 14.9. The van der Waals surface area contributed by atoms with Crippen LogP contribution >= 0.6 is 11.3 Å². The Kier molecular flexibility index (Phi) is 3.73. The first-order chi connectivity index (χ1) is 11.2. The number of thiophene rings is 1. The minimum absolute atomic E-state index is 0.0304. The average Bonchev–Trinajstić information content (AvgIpc) is 2.97. The molecule has 5 nitrogen and oxygen atoms in total. The lowest BCUT2D eigenvalue weighted by Crippen LogP contribution is -2.39. The van der Waals surface area contributed by atoms with Crippen LogP contribution in [0.3, 0.4) is 0 Å². The maximum atomic E-state index is 13.0. The molecule has 0 aromatic carbocycles. The molecule has 2 aromatic rings. The van der Waals surface area contributed by atoms with Gasteiger partial charge in [-0.15, -0.1) is 0 Å². The quantitative estimate of drug-likeness (QED) is 0.936. The highest BCUT2D eigenvalue weighted by Crippen LogP contribution is 2.56. The van der Waals surface area contributed by atoms with E-state index < -0.39 is 0 Å². The van der Waals surface area contributed by atoms with Crippen LogP contribution < -0.4 is 5.32 Å². The molecule has 1 aliphatic carbocycles. The number of piperidine rings is 1. The van der Waals surface area contributed by atoms with Crippen LogP contribution in [0.5, 0.6) is 0 Å². The Hall–Kier alpha value is -1.66. The van der Waals surface area contributed by atoms with Gasteiger partial charge in [-0.1, -0.05) is 5.16 Å². The van der Waals surface area contributed by atoms with Crippen molar-refractivity contribution in [3.63, 3.8) is 0 Å². The van der Waals surface area contributed by atoms with Crippen LogP contribution in [0.15, 0.2) is 27.4 Å². The zero-order chi connectivity index (χ0) is 15.9. The summed E-state index contributed by atoms with van der Waals surface area (Å²) in [6.45, 7) is 4.60. The smallest absolute Gasteiger partial charge is 0.293 e. The summed E-state index contributed by atoms with van der Waals surface area (Å²) in [7, 11) is 0. The summed E-state index contributed by atoms with van der Waals surface area (Å²) < 4.78 is 5.23. The van der Waals surface area contributed by atoms with E-state index in [0.717, 1.165) is 38.0 Å². The van der Waals surface area contributed by atoms with E-state index in [1.54, 1.807) is 17.4 Å². The number of aryl methyl sites for hydroxylation is 1. The Labute approximate surface area is 139 Å². The van der Waals surface area contributed by atoms with Gasteiger partial charge in [-0.25, -0.2) is 0 Å². The van der Waals surface area contributed by atoms with Crippen LogP contribution in [0, 0.1) is 12.3 Å². The number of hydrogen-bond acceptors (Lipinski definition) is 5. The number of carbonyl (C=O) groups is 1. The van der Waals surface area contributed by atoms with Crippen LogP contribution in [0.2, 0.25) is 0 Å². The number of carbonyl (C=O) groups excluding carboxylic acids is 1. The molecule has 23 heavy (non-hydrogen) atoms. The molecule has 1 atom stereocenters. The zero-order valence-corrected chi connectivity index (χ0v) is 14.1. The van der Waals surface area contributed by atoms with Crippen LogP contribution in [0.4, 0.5) is 0 Å². The number of amides is 1. The molecule has 6 heteroatoms. The van der Waals surface area contributed by atoms with Gasteiger partial charge in [0, 0.05) is 18.7 Å². The molecule has 2 aromatic heterocycles. The molecule has 0 bridgehead atoms. The number of nitrogens with zero attached hydrogens (tertiary/aromatic N) is 2. The van der Waals surface area contributed by atoms with E-state index in [-0.39, 0.29) is 5.91 Å². The van der Waals surface area contributed by atoms with E-state index in [1.807, 2.05) is 11.8 Å². The number of aromatic nitrogens is 1. The van der Waals surface area contributed by atoms with Crippen LogP contribution in [-0.2, 0) is 6.54 Å².